The highest BCUT2D eigenvalue weighted by molar-refractivity contribution is 5.38. The van der Waals surface area contributed by atoms with E-state index in [9.17, 15) is 0 Å². The van der Waals surface area contributed by atoms with E-state index in [-0.39, 0.29) is 0 Å². The molecule has 0 spiro atoms. The molecule has 1 aromatic heterocycles. The molecule has 1 heterocycles. The Kier molecular flexibility index (Phi) is 4.35. The van der Waals surface area contributed by atoms with Crippen LogP contribution >= 0.6 is 0 Å². The highest BCUT2D eigenvalue weighted by atomic mass is 16.5. The van der Waals surface area contributed by atoms with Gasteiger partial charge in [-0.25, -0.2) is 4.98 Å². The fourth-order valence-electron chi connectivity index (χ4n) is 1.55. The molecule has 0 unspecified atom stereocenters. The van der Waals surface area contributed by atoms with Crippen LogP contribution in [0.3, 0.4) is 0 Å². The first-order valence-electron chi connectivity index (χ1n) is 6.07. The number of nitrogens with zero attached hydrogens (tertiary/aromatic N) is 2. The minimum atomic E-state index is 0.557. The molecule has 0 aliphatic heterocycles. The molecule has 0 aliphatic rings. The summed E-state index contributed by atoms with van der Waals surface area (Å²) in [6.07, 6.45) is 1.54. The van der Waals surface area contributed by atoms with Gasteiger partial charge in [-0.3, -0.25) is 0 Å². The Balaban J connectivity index is 1.74. The molecular weight excluding hydrogens is 238 g/mol. The van der Waals surface area contributed by atoms with Crippen LogP contribution in [-0.4, -0.2) is 18.1 Å². The van der Waals surface area contributed by atoms with Crippen molar-refractivity contribution in [2.75, 3.05) is 18.5 Å². The third-order valence-electron chi connectivity index (χ3n) is 2.59. The van der Waals surface area contributed by atoms with Gasteiger partial charge in [-0.15, -0.1) is 0 Å². The van der Waals surface area contributed by atoms with Crippen LogP contribution in [0.25, 0.3) is 0 Å². The number of pyridine rings is 1. The number of anilines is 1. The van der Waals surface area contributed by atoms with Crippen LogP contribution in [0.1, 0.15) is 11.1 Å². The van der Waals surface area contributed by atoms with Crippen molar-refractivity contribution in [3.8, 4) is 11.8 Å². The summed E-state index contributed by atoms with van der Waals surface area (Å²) in [6.45, 7) is 3.26. The molecular formula is C15H15N3O. The lowest BCUT2D eigenvalue weighted by Gasteiger charge is -2.08. The Bertz CT molecular complexity index is 555. The fourth-order valence-corrected chi connectivity index (χ4v) is 1.55. The van der Waals surface area contributed by atoms with E-state index in [4.69, 9.17) is 10.00 Å². The second-order valence-electron chi connectivity index (χ2n) is 4.13. The second kappa shape index (κ2) is 6.41. The number of hydrogen-bond acceptors (Lipinski definition) is 4. The molecule has 4 heteroatoms. The Morgan fingerprint density at radius 1 is 1.21 bits per heavy atom. The molecule has 0 radical (unpaired) electrons. The molecule has 19 heavy (non-hydrogen) atoms. The zero-order valence-corrected chi connectivity index (χ0v) is 10.8. The van der Waals surface area contributed by atoms with E-state index in [1.54, 1.807) is 18.3 Å². The van der Waals surface area contributed by atoms with Crippen LogP contribution in [0.2, 0.25) is 0 Å². The number of rotatable bonds is 5. The van der Waals surface area contributed by atoms with Crippen LogP contribution in [0.5, 0.6) is 5.75 Å². The summed E-state index contributed by atoms with van der Waals surface area (Å²) in [6, 6.07) is 13.5. The highest BCUT2D eigenvalue weighted by Crippen LogP contribution is 2.11. The lowest BCUT2D eigenvalue weighted by molar-refractivity contribution is 0.332. The summed E-state index contributed by atoms with van der Waals surface area (Å²) < 4.78 is 5.58. The van der Waals surface area contributed by atoms with E-state index < -0.39 is 0 Å². The molecule has 0 saturated heterocycles. The van der Waals surface area contributed by atoms with Gasteiger partial charge in [-0.2, -0.15) is 5.26 Å². The third kappa shape index (κ3) is 4.00. The maximum Gasteiger partial charge on any atom is 0.126 e. The highest BCUT2D eigenvalue weighted by Gasteiger charge is 1.96. The van der Waals surface area contributed by atoms with Crippen LogP contribution in [0, 0.1) is 18.3 Å². The number of aromatic nitrogens is 1. The van der Waals surface area contributed by atoms with Gasteiger partial charge in [0.15, 0.2) is 0 Å². The lowest BCUT2D eigenvalue weighted by Crippen LogP contribution is -2.12. The van der Waals surface area contributed by atoms with Crippen molar-refractivity contribution in [3.63, 3.8) is 0 Å². The Hall–Kier alpha value is -2.54. The molecule has 1 N–H and O–H groups in total. The van der Waals surface area contributed by atoms with E-state index >= 15 is 0 Å². The van der Waals surface area contributed by atoms with E-state index in [0.717, 1.165) is 11.6 Å². The van der Waals surface area contributed by atoms with Crippen LogP contribution in [-0.2, 0) is 0 Å². The van der Waals surface area contributed by atoms with Crippen molar-refractivity contribution in [2.45, 2.75) is 6.92 Å². The summed E-state index contributed by atoms with van der Waals surface area (Å²) in [5, 5.41) is 11.8. The lowest BCUT2D eigenvalue weighted by atomic mass is 10.2. The molecule has 0 atom stereocenters. The maximum absolute atomic E-state index is 8.66. The van der Waals surface area contributed by atoms with E-state index in [1.807, 2.05) is 37.3 Å². The molecule has 0 amide bonds. The molecule has 96 valence electrons. The van der Waals surface area contributed by atoms with Gasteiger partial charge >= 0.3 is 0 Å². The van der Waals surface area contributed by atoms with Crippen LogP contribution in [0.15, 0.2) is 42.6 Å². The minimum absolute atomic E-state index is 0.557. The largest absolute Gasteiger partial charge is 0.492 e. The molecule has 0 fully saturated rings. The monoisotopic (exact) mass is 253 g/mol. The summed E-state index contributed by atoms with van der Waals surface area (Å²) in [5.41, 5.74) is 1.77. The Morgan fingerprint density at radius 3 is 2.63 bits per heavy atom. The molecule has 0 bridgehead atoms. The van der Waals surface area contributed by atoms with E-state index in [0.29, 0.717) is 18.7 Å². The number of nitriles is 1. The van der Waals surface area contributed by atoms with Crippen LogP contribution in [0.4, 0.5) is 5.82 Å². The minimum Gasteiger partial charge on any atom is -0.492 e. The smallest absolute Gasteiger partial charge is 0.126 e. The molecule has 0 aliphatic carbocycles. The number of hydrogen-bond donors (Lipinski definition) is 1. The van der Waals surface area contributed by atoms with Gasteiger partial charge in [0.2, 0.25) is 0 Å². The molecule has 2 aromatic rings. The Morgan fingerprint density at radius 2 is 2.00 bits per heavy atom. The van der Waals surface area contributed by atoms with E-state index in [1.165, 1.54) is 5.56 Å². The number of aryl methyl sites for hydroxylation is 1. The van der Waals surface area contributed by atoms with Crippen molar-refractivity contribution >= 4 is 5.82 Å². The third-order valence-corrected chi connectivity index (χ3v) is 2.59. The molecule has 4 nitrogen and oxygen atoms in total. The SMILES string of the molecule is Cc1ccc(OCCNc2ccc(C#N)cn2)cc1. The maximum atomic E-state index is 8.66. The van der Waals surface area contributed by atoms with Crippen molar-refractivity contribution < 1.29 is 4.74 Å². The van der Waals surface area contributed by atoms with Crippen molar-refractivity contribution in [3.05, 3.63) is 53.7 Å². The molecule has 1 aromatic carbocycles. The van der Waals surface area contributed by atoms with Gasteiger partial charge in [0.1, 0.15) is 24.2 Å². The van der Waals surface area contributed by atoms with Gasteiger partial charge in [0, 0.05) is 6.20 Å². The second-order valence-corrected chi connectivity index (χ2v) is 4.13. The normalized spacial score (nSPS) is 9.68. The summed E-state index contributed by atoms with van der Waals surface area (Å²) in [4.78, 5) is 4.12. The van der Waals surface area contributed by atoms with Gasteiger partial charge in [-0.05, 0) is 31.2 Å². The van der Waals surface area contributed by atoms with Crippen molar-refractivity contribution in [1.82, 2.24) is 4.98 Å². The predicted molar refractivity (Wildman–Crippen MR) is 74.1 cm³/mol. The van der Waals surface area contributed by atoms with Gasteiger partial charge in [0.05, 0.1) is 12.1 Å². The van der Waals surface area contributed by atoms with E-state index in [2.05, 4.69) is 10.3 Å². The molecule has 2 rings (SSSR count). The average Bonchev–Trinajstić information content (AvgIpc) is 2.46. The Labute approximate surface area is 112 Å². The van der Waals surface area contributed by atoms with Gasteiger partial charge in [0.25, 0.3) is 0 Å². The zero-order valence-electron chi connectivity index (χ0n) is 10.8. The average molecular weight is 253 g/mol. The standard InChI is InChI=1S/C15H15N3O/c1-12-2-5-14(6-3-12)19-9-8-17-15-7-4-13(10-16)11-18-15/h2-7,11H,8-9H2,1H3,(H,17,18). The van der Waals surface area contributed by atoms with Gasteiger partial charge < -0.3 is 10.1 Å². The van der Waals surface area contributed by atoms with Gasteiger partial charge in [-0.1, -0.05) is 17.7 Å². The summed E-state index contributed by atoms with van der Waals surface area (Å²) in [5.74, 6) is 1.60. The quantitative estimate of drug-likeness (QED) is 0.832. The number of benzene rings is 1. The first-order chi connectivity index (χ1) is 9.28. The molecule has 0 saturated carbocycles. The van der Waals surface area contributed by atoms with Crippen molar-refractivity contribution in [1.29, 1.82) is 5.26 Å². The fraction of sp³-hybridized carbons (Fsp3) is 0.200. The van der Waals surface area contributed by atoms with Crippen LogP contribution < -0.4 is 10.1 Å². The summed E-state index contributed by atoms with van der Waals surface area (Å²) in [7, 11) is 0. The van der Waals surface area contributed by atoms with Crippen molar-refractivity contribution in [2.24, 2.45) is 0 Å². The summed E-state index contributed by atoms with van der Waals surface area (Å²) >= 11 is 0. The first-order valence-corrected chi connectivity index (χ1v) is 6.07. The first kappa shape index (κ1) is 12.9. The zero-order chi connectivity index (χ0) is 13.5. The number of ether oxygens (including phenoxy) is 1. The predicted octanol–water partition coefficient (Wildman–Crippen LogP) is 2.75. The topological polar surface area (TPSA) is 57.9 Å². The number of nitrogens with one attached hydrogen (secondary N) is 1.